The van der Waals surface area contributed by atoms with E-state index < -0.39 is 5.60 Å². The summed E-state index contributed by atoms with van der Waals surface area (Å²) in [5.41, 5.74) is 4.35. The number of hydrogen-bond acceptors (Lipinski definition) is 3. The molecule has 1 aliphatic heterocycles. The number of fused-ring (bicyclic) bond motifs is 1. The molecule has 5 heteroatoms. The van der Waals surface area contributed by atoms with E-state index in [1.807, 2.05) is 65.0 Å². The topological polar surface area (TPSA) is 58.6 Å². The van der Waals surface area contributed by atoms with Crippen molar-refractivity contribution in [1.82, 2.24) is 10.2 Å². The Morgan fingerprint density at radius 3 is 2.49 bits per heavy atom. The van der Waals surface area contributed by atoms with Crippen LogP contribution in [-0.4, -0.2) is 35.6 Å². The van der Waals surface area contributed by atoms with Gasteiger partial charge in [-0.05, 0) is 80.1 Å². The Bertz CT molecular complexity index is 1280. The van der Waals surface area contributed by atoms with E-state index in [2.05, 4.69) is 41.7 Å². The Labute approximate surface area is 207 Å². The molecule has 0 fully saturated rings. The molecule has 0 aliphatic carbocycles. The van der Waals surface area contributed by atoms with Gasteiger partial charge in [0.25, 0.3) is 5.91 Å². The van der Waals surface area contributed by atoms with E-state index in [-0.39, 0.29) is 18.0 Å². The van der Waals surface area contributed by atoms with Gasteiger partial charge in [-0.25, -0.2) is 4.79 Å². The lowest BCUT2D eigenvalue weighted by molar-refractivity contribution is 0.0270. The number of amides is 2. The highest BCUT2D eigenvalue weighted by Gasteiger charge is 2.24. The second-order valence-electron chi connectivity index (χ2n) is 10.2. The van der Waals surface area contributed by atoms with Gasteiger partial charge >= 0.3 is 6.09 Å². The molecule has 1 aliphatic rings. The highest BCUT2D eigenvalue weighted by atomic mass is 16.6. The van der Waals surface area contributed by atoms with Gasteiger partial charge in [0.15, 0.2) is 0 Å². The normalized spacial score (nSPS) is 14.9. The molecule has 3 aromatic rings. The Kier molecular flexibility index (Phi) is 6.97. The summed E-state index contributed by atoms with van der Waals surface area (Å²) < 4.78 is 5.49. The molecular weight excluding hydrogens is 436 g/mol. The smallest absolute Gasteiger partial charge is 0.410 e. The quantitative estimate of drug-likeness (QED) is 0.464. The summed E-state index contributed by atoms with van der Waals surface area (Å²) in [6, 6.07) is 20.3. The monoisotopic (exact) mass is 470 g/mol. The SMILES string of the molecule is Cc1ccc(C2=CCN(C(=O)OC(C)(C)C)CC2)cc1C(=O)NC(C)c1cccc2ccccc12. The Balaban J connectivity index is 1.49. The third-order valence-electron chi connectivity index (χ3n) is 6.35. The maximum Gasteiger partial charge on any atom is 0.410 e. The first-order valence-electron chi connectivity index (χ1n) is 12.2. The highest BCUT2D eigenvalue weighted by Crippen LogP contribution is 2.27. The molecule has 1 unspecified atom stereocenters. The molecular formula is C30H34N2O3. The first-order valence-corrected chi connectivity index (χ1v) is 12.2. The molecule has 1 heterocycles. The van der Waals surface area contributed by atoms with Crippen LogP contribution in [0.4, 0.5) is 4.79 Å². The molecule has 182 valence electrons. The zero-order valence-corrected chi connectivity index (χ0v) is 21.2. The molecule has 0 aromatic heterocycles. The predicted octanol–water partition coefficient (Wildman–Crippen LogP) is 6.66. The van der Waals surface area contributed by atoms with Crippen LogP contribution >= 0.6 is 0 Å². The molecule has 0 saturated heterocycles. The molecule has 4 rings (SSSR count). The van der Waals surface area contributed by atoms with Crippen LogP contribution < -0.4 is 5.32 Å². The summed E-state index contributed by atoms with van der Waals surface area (Å²) >= 11 is 0. The van der Waals surface area contributed by atoms with Crippen LogP contribution in [0.5, 0.6) is 0 Å². The zero-order valence-electron chi connectivity index (χ0n) is 21.2. The van der Waals surface area contributed by atoms with Gasteiger partial charge in [0.05, 0.1) is 6.04 Å². The second kappa shape index (κ2) is 9.95. The van der Waals surface area contributed by atoms with E-state index in [1.165, 1.54) is 0 Å². The molecule has 0 saturated carbocycles. The summed E-state index contributed by atoms with van der Waals surface area (Å²) in [4.78, 5) is 27.4. The van der Waals surface area contributed by atoms with Crippen LogP contribution in [0.1, 0.15) is 67.2 Å². The lowest BCUT2D eigenvalue weighted by atomic mass is 9.95. The van der Waals surface area contributed by atoms with Gasteiger partial charge in [-0.2, -0.15) is 0 Å². The number of nitrogens with one attached hydrogen (secondary N) is 1. The summed E-state index contributed by atoms with van der Waals surface area (Å²) in [5.74, 6) is -0.0865. The highest BCUT2D eigenvalue weighted by molar-refractivity contribution is 5.97. The van der Waals surface area contributed by atoms with E-state index in [1.54, 1.807) is 4.90 Å². The van der Waals surface area contributed by atoms with Crippen molar-refractivity contribution in [2.75, 3.05) is 13.1 Å². The molecule has 0 bridgehead atoms. The van der Waals surface area contributed by atoms with Gasteiger partial charge in [-0.3, -0.25) is 4.79 Å². The van der Waals surface area contributed by atoms with E-state index in [9.17, 15) is 9.59 Å². The molecule has 1 N–H and O–H groups in total. The van der Waals surface area contributed by atoms with Crippen molar-refractivity contribution < 1.29 is 14.3 Å². The Morgan fingerprint density at radius 1 is 1.03 bits per heavy atom. The standard InChI is InChI=1S/C30H34N2O3/c1-20-13-14-24(22-15-17-32(18-16-22)29(34)35-30(3,4)5)19-27(20)28(33)31-21(2)25-12-8-10-23-9-6-7-11-26(23)25/h6-15,19,21H,16-18H2,1-5H3,(H,31,33). The summed E-state index contributed by atoms with van der Waals surface area (Å²) in [6.07, 6.45) is 2.48. The fourth-order valence-electron chi connectivity index (χ4n) is 4.47. The maximum absolute atomic E-state index is 13.3. The van der Waals surface area contributed by atoms with Crippen molar-refractivity contribution in [2.24, 2.45) is 0 Å². The van der Waals surface area contributed by atoms with Crippen molar-refractivity contribution in [3.8, 4) is 0 Å². The Hall–Kier alpha value is -3.60. The van der Waals surface area contributed by atoms with Gasteiger partial charge in [0, 0.05) is 18.7 Å². The first kappa shape index (κ1) is 24.5. The lowest BCUT2D eigenvalue weighted by Gasteiger charge is -2.29. The fraction of sp³-hybridized carbons (Fsp3) is 0.333. The minimum absolute atomic E-state index is 0.0865. The van der Waals surface area contributed by atoms with Crippen molar-refractivity contribution in [3.05, 3.63) is 89.0 Å². The molecule has 1 atom stereocenters. The second-order valence-corrected chi connectivity index (χ2v) is 10.2. The van der Waals surface area contributed by atoms with Crippen LogP contribution in [0.15, 0.2) is 66.7 Å². The number of ether oxygens (including phenoxy) is 1. The number of nitrogens with zero attached hydrogens (tertiary/aromatic N) is 1. The molecule has 5 nitrogen and oxygen atoms in total. The van der Waals surface area contributed by atoms with E-state index in [4.69, 9.17) is 4.74 Å². The summed E-state index contributed by atoms with van der Waals surface area (Å²) in [7, 11) is 0. The van der Waals surface area contributed by atoms with Crippen LogP contribution in [0, 0.1) is 6.92 Å². The van der Waals surface area contributed by atoms with Crippen molar-refractivity contribution >= 4 is 28.3 Å². The van der Waals surface area contributed by atoms with Crippen LogP contribution in [0.3, 0.4) is 0 Å². The van der Waals surface area contributed by atoms with Gasteiger partial charge in [-0.1, -0.05) is 60.7 Å². The van der Waals surface area contributed by atoms with Crippen molar-refractivity contribution in [2.45, 2.75) is 52.7 Å². The van der Waals surface area contributed by atoms with E-state index in [0.717, 1.165) is 39.5 Å². The third kappa shape index (κ3) is 5.73. The van der Waals surface area contributed by atoms with Gasteiger partial charge in [0.2, 0.25) is 0 Å². The summed E-state index contributed by atoms with van der Waals surface area (Å²) in [6.45, 7) is 10.7. The number of benzene rings is 3. The van der Waals surface area contributed by atoms with Gasteiger partial charge < -0.3 is 15.0 Å². The van der Waals surface area contributed by atoms with E-state index in [0.29, 0.717) is 18.7 Å². The van der Waals surface area contributed by atoms with Crippen LogP contribution in [0.2, 0.25) is 0 Å². The first-order chi connectivity index (χ1) is 16.6. The Morgan fingerprint density at radius 2 is 1.77 bits per heavy atom. The number of hydrogen-bond donors (Lipinski definition) is 1. The predicted molar refractivity (Wildman–Crippen MR) is 141 cm³/mol. The number of carbonyl (C=O) groups excluding carboxylic acids is 2. The zero-order chi connectivity index (χ0) is 25.2. The third-order valence-corrected chi connectivity index (χ3v) is 6.35. The minimum atomic E-state index is -0.510. The van der Waals surface area contributed by atoms with Gasteiger partial charge in [0.1, 0.15) is 5.60 Å². The van der Waals surface area contributed by atoms with Crippen molar-refractivity contribution in [1.29, 1.82) is 0 Å². The molecule has 2 amide bonds. The fourth-order valence-corrected chi connectivity index (χ4v) is 4.47. The van der Waals surface area contributed by atoms with Gasteiger partial charge in [-0.15, -0.1) is 0 Å². The van der Waals surface area contributed by atoms with Crippen LogP contribution in [-0.2, 0) is 4.74 Å². The average Bonchev–Trinajstić information content (AvgIpc) is 2.83. The van der Waals surface area contributed by atoms with Crippen LogP contribution in [0.25, 0.3) is 16.3 Å². The minimum Gasteiger partial charge on any atom is -0.444 e. The molecule has 0 radical (unpaired) electrons. The van der Waals surface area contributed by atoms with Crippen molar-refractivity contribution in [3.63, 3.8) is 0 Å². The molecule has 3 aromatic carbocycles. The number of aryl methyl sites for hydroxylation is 1. The number of carbonyl (C=O) groups is 2. The maximum atomic E-state index is 13.3. The number of rotatable bonds is 4. The lowest BCUT2D eigenvalue weighted by Crippen LogP contribution is -2.39. The summed E-state index contributed by atoms with van der Waals surface area (Å²) in [5, 5.41) is 5.50. The average molecular weight is 471 g/mol. The largest absolute Gasteiger partial charge is 0.444 e. The molecule has 35 heavy (non-hydrogen) atoms. The molecule has 0 spiro atoms. The van der Waals surface area contributed by atoms with E-state index >= 15 is 0 Å².